The molecule has 6 heteroatoms. The minimum Gasteiger partial charge on any atom is -0.353 e. The standard InChI is InChI=1S/C20H33FN4O/c1-6-25-13-11-20(12-14-25,24(4)5)15-22-19(26)18(23(2)3)16-7-9-17(21)10-8-16/h7-10,18H,6,11-15H2,1-5H3,(H,22,26)/t18-/m1/s1. The summed E-state index contributed by atoms with van der Waals surface area (Å²) in [6.45, 7) is 6.00. The molecule has 1 N–H and O–H groups in total. The van der Waals surface area contributed by atoms with Crippen molar-refractivity contribution in [3.63, 3.8) is 0 Å². The molecule has 1 aliphatic rings. The van der Waals surface area contributed by atoms with Crippen LogP contribution in [-0.2, 0) is 4.79 Å². The van der Waals surface area contributed by atoms with Gasteiger partial charge in [0.2, 0.25) is 5.91 Å². The lowest BCUT2D eigenvalue weighted by atomic mass is 9.86. The summed E-state index contributed by atoms with van der Waals surface area (Å²) in [5.74, 6) is -0.332. The zero-order valence-electron chi connectivity index (χ0n) is 16.8. The van der Waals surface area contributed by atoms with E-state index in [0.717, 1.165) is 38.0 Å². The Bertz CT molecular complexity index is 580. The van der Waals surface area contributed by atoms with Gasteiger partial charge in [-0.25, -0.2) is 4.39 Å². The summed E-state index contributed by atoms with van der Waals surface area (Å²) in [6.07, 6.45) is 2.08. The molecule has 0 saturated carbocycles. The molecule has 1 amide bonds. The molecular weight excluding hydrogens is 331 g/mol. The van der Waals surface area contributed by atoms with Gasteiger partial charge in [-0.3, -0.25) is 9.69 Å². The van der Waals surface area contributed by atoms with Crippen LogP contribution in [0.15, 0.2) is 24.3 Å². The fourth-order valence-corrected chi connectivity index (χ4v) is 3.75. The van der Waals surface area contributed by atoms with E-state index in [2.05, 4.69) is 36.1 Å². The molecule has 0 radical (unpaired) electrons. The summed E-state index contributed by atoms with van der Waals surface area (Å²) >= 11 is 0. The quantitative estimate of drug-likeness (QED) is 0.803. The number of carbonyl (C=O) groups excluding carboxylic acids is 1. The van der Waals surface area contributed by atoms with E-state index in [-0.39, 0.29) is 17.3 Å². The average molecular weight is 365 g/mol. The Morgan fingerprint density at radius 1 is 1.19 bits per heavy atom. The third kappa shape index (κ3) is 4.81. The summed E-state index contributed by atoms with van der Waals surface area (Å²) in [6, 6.07) is 5.75. The molecule has 2 rings (SSSR count). The third-order valence-electron chi connectivity index (χ3n) is 5.72. The van der Waals surface area contributed by atoms with Crippen molar-refractivity contribution in [3.8, 4) is 0 Å². The molecule has 1 saturated heterocycles. The van der Waals surface area contributed by atoms with E-state index >= 15 is 0 Å². The number of rotatable bonds is 7. The zero-order valence-corrected chi connectivity index (χ0v) is 16.8. The van der Waals surface area contributed by atoms with E-state index in [1.807, 2.05) is 19.0 Å². The molecule has 1 atom stereocenters. The molecule has 0 unspecified atom stereocenters. The second kappa shape index (κ2) is 8.93. The molecule has 1 aliphatic heterocycles. The molecule has 146 valence electrons. The topological polar surface area (TPSA) is 38.8 Å². The van der Waals surface area contributed by atoms with E-state index in [0.29, 0.717) is 6.54 Å². The van der Waals surface area contributed by atoms with Crippen LogP contribution in [-0.4, -0.2) is 80.5 Å². The summed E-state index contributed by atoms with van der Waals surface area (Å²) in [4.78, 5) is 19.5. The molecule has 1 aromatic rings. The van der Waals surface area contributed by atoms with Gasteiger partial charge in [-0.05, 0) is 78.4 Å². The average Bonchev–Trinajstić information content (AvgIpc) is 2.61. The van der Waals surface area contributed by atoms with Crippen molar-refractivity contribution < 1.29 is 9.18 Å². The minimum atomic E-state index is -0.425. The van der Waals surface area contributed by atoms with Gasteiger partial charge in [0.15, 0.2) is 0 Å². The van der Waals surface area contributed by atoms with Crippen LogP contribution in [0.4, 0.5) is 4.39 Å². The first-order valence-electron chi connectivity index (χ1n) is 9.38. The summed E-state index contributed by atoms with van der Waals surface area (Å²) in [7, 11) is 7.93. The molecule has 1 heterocycles. The van der Waals surface area contributed by atoms with Crippen molar-refractivity contribution in [1.29, 1.82) is 0 Å². The van der Waals surface area contributed by atoms with Gasteiger partial charge in [0.1, 0.15) is 11.9 Å². The molecule has 1 aromatic carbocycles. The van der Waals surface area contributed by atoms with Crippen molar-refractivity contribution in [2.45, 2.75) is 31.3 Å². The number of benzene rings is 1. The van der Waals surface area contributed by atoms with Crippen molar-refractivity contribution >= 4 is 5.91 Å². The van der Waals surface area contributed by atoms with Gasteiger partial charge in [0, 0.05) is 12.1 Å². The van der Waals surface area contributed by atoms with Crippen molar-refractivity contribution in [2.24, 2.45) is 0 Å². The maximum absolute atomic E-state index is 13.2. The van der Waals surface area contributed by atoms with Crippen LogP contribution >= 0.6 is 0 Å². The van der Waals surface area contributed by atoms with Gasteiger partial charge in [0.25, 0.3) is 0 Å². The van der Waals surface area contributed by atoms with Crippen LogP contribution in [0.1, 0.15) is 31.4 Å². The number of amides is 1. The number of hydrogen-bond acceptors (Lipinski definition) is 4. The predicted molar refractivity (Wildman–Crippen MR) is 104 cm³/mol. The molecule has 0 aliphatic carbocycles. The second-order valence-corrected chi connectivity index (χ2v) is 7.69. The van der Waals surface area contributed by atoms with Crippen molar-refractivity contribution in [1.82, 2.24) is 20.0 Å². The van der Waals surface area contributed by atoms with Gasteiger partial charge >= 0.3 is 0 Å². The monoisotopic (exact) mass is 364 g/mol. The van der Waals surface area contributed by atoms with Crippen molar-refractivity contribution in [2.75, 3.05) is 54.4 Å². The fourth-order valence-electron chi connectivity index (χ4n) is 3.75. The number of nitrogens with zero attached hydrogens (tertiary/aromatic N) is 3. The second-order valence-electron chi connectivity index (χ2n) is 7.69. The molecule has 0 aromatic heterocycles. The first kappa shape index (κ1) is 20.8. The van der Waals surface area contributed by atoms with E-state index in [9.17, 15) is 9.18 Å². The van der Waals surface area contributed by atoms with Crippen LogP contribution < -0.4 is 5.32 Å². The van der Waals surface area contributed by atoms with Crippen molar-refractivity contribution in [3.05, 3.63) is 35.6 Å². The van der Waals surface area contributed by atoms with Crippen LogP contribution in [0.5, 0.6) is 0 Å². The highest BCUT2D eigenvalue weighted by Crippen LogP contribution is 2.27. The highest BCUT2D eigenvalue weighted by Gasteiger charge is 2.37. The predicted octanol–water partition coefficient (Wildman–Crippen LogP) is 1.96. The van der Waals surface area contributed by atoms with Gasteiger partial charge < -0.3 is 15.1 Å². The van der Waals surface area contributed by atoms with E-state index in [4.69, 9.17) is 0 Å². The summed E-state index contributed by atoms with van der Waals surface area (Å²) in [5, 5.41) is 3.17. The van der Waals surface area contributed by atoms with Crippen LogP contribution in [0.2, 0.25) is 0 Å². The van der Waals surface area contributed by atoms with Crippen LogP contribution in [0, 0.1) is 5.82 Å². The first-order chi connectivity index (χ1) is 12.3. The zero-order chi connectivity index (χ0) is 19.3. The SMILES string of the molecule is CCN1CCC(CNC(=O)[C@@H](c2ccc(F)cc2)N(C)C)(N(C)C)CC1. The van der Waals surface area contributed by atoms with Gasteiger partial charge in [-0.1, -0.05) is 19.1 Å². The summed E-state index contributed by atoms with van der Waals surface area (Å²) in [5.41, 5.74) is 0.787. The molecule has 5 nitrogen and oxygen atoms in total. The lowest BCUT2D eigenvalue weighted by Gasteiger charge is -2.46. The minimum absolute atomic E-state index is 0.0129. The van der Waals surface area contributed by atoms with Gasteiger partial charge in [-0.15, -0.1) is 0 Å². The number of piperidine rings is 1. The van der Waals surface area contributed by atoms with Gasteiger partial charge in [0.05, 0.1) is 0 Å². The normalized spacial score (nSPS) is 18.9. The maximum atomic E-state index is 13.2. The smallest absolute Gasteiger partial charge is 0.242 e. The third-order valence-corrected chi connectivity index (χ3v) is 5.72. The largest absolute Gasteiger partial charge is 0.353 e. The number of carbonyl (C=O) groups is 1. The molecule has 26 heavy (non-hydrogen) atoms. The van der Waals surface area contributed by atoms with E-state index < -0.39 is 6.04 Å². The Hall–Kier alpha value is -1.50. The number of hydrogen-bond donors (Lipinski definition) is 1. The Morgan fingerprint density at radius 3 is 2.23 bits per heavy atom. The van der Waals surface area contributed by atoms with E-state index in [1.54, 1.807) is 12.1 Å². The number of halogens is 1. The Labute approximate surface area is 157 Å². The molecule has 0 spiro atoms. The summed E-state index contributed by atoms with van der Waals surface area (Å²) < 4.78 is 13.2. The van der Waals surface area contributed by atoms with Gasteiger partial charge in [-0.2, -0.15) is 0 Å². The lowest BCUT2D eigenvalue weighted by Crippen LogP contribution is -2.59. The number of nitrogens with one attached hydrogen (secondary N) is 1. The fraction of sp³-hybridized carbons (Fsp3) is 0.650. The molecule has 0 bridgehead atoms. The van der Waals surface area contributed by atoms with Crippen LogP contribution in [0.3, 0.4) is 0 Å². The highest BCUT2D eigenvalue weighted by atomic mass is 19.1. The Balaban J connectivity index is 2.07. The Kier molecular flexibility index (Phi) is 7.15. The van der Waals surface area contributed by atoms with Crippen LogP contribution in [0.25, 0.3) is 0 Å². The van der Waals surface area contributed by atoms with E-state index in [1.165, 1.54) is 12.1 Å². The number of likely N-dealkylation sites (N-methyl/N-ethyl adjacent to an activating group) is 2. The highest BCUT2D eigenvalue weighted by molar-refractivity contribution is 5.83. The maximum Gasteiger partial charge on any atom is 0.242 e. The molecular formula is C20H33FN4O. The lowest BCUT2D eigenvalue weighted by molar-refractivity contribution is -0.126. The first-order valence-corrected chi connectivity index (χ1v) is 9.38. The Morgan fingerprint density at radius 2 is 1.77 bits per heavy atom. The molecule has 1 fully saturated rings. The number of likely N-dealkylation sites (tertiary alicyclic amines) is 1.